The van der Waals surface area contributed by atoms with Gasteiger partial charge in [-0.25, -0.2) is 14.4 Å². The van der Waals surface area contributed by atoms with Crippen LogP contribution in [0.15, 0.2) is 30.3 Å². The standard InChI is InChI=1S/C17H18FN3O2/c1-11-8-15(21-7-3-5-13(10-21)17(22)23)20-16(19-11)12-4-2-6-14(18)9-12/h2,4,6,8-9,13H,3,5,7,10H2,1H3,(H,22,23). The molecular formula is C17H18FN3O2. The minimum Gasteiger partial charge on any atom is -0.481 e. The molecule has 2 aromatic rings. The van der Waals surface area contributed by atoms with E-state index in [1.165, 1.54) is 12.1 Å². The topological polar surface area (TPSA) is 66.3 Å². The molecule has 0 saturated carbocycles. The van der Waals surface area contributed by atoms with E-state index in [2.05, 4.69) is 9.97 Å². The fourth-order valence-electron chi connectivity index (χ4n) is 2.86. The Morgan fingerprint density at radius 3 is 2.91 bits per heavy atom. The molecule has 1 saturated heterocycles. The zero-order valence-electron chi connectivity index (χ0n) is 12.9. The molecule has 1 aromatic carbocycles. The quantitative estimate of drug-likeness (QED) is 0.943. The van der Waals surface area contributed by atoms with E-state index in [0.717, 1.165) is 18.7 Å². The number of nitrogens with zero attached hydrogens (tertiary/aromatic N) is 3. The second-order valence-electron chi connectivity index (χ2n) is 5.82. The number of aliphatic carboxylic acids is 1. The predicted molar refractivity (Wildman–Crippen MR) is 84.7 cm³/mol. The molecule has 0 amide bonds. The van der Waals surface area contributed by atoms with E-state index in [-0.39, 0.29) is 11.7 Å². The molecule has 0 spiro atoms. The molecule has 0 aliphatic carbocycles. The lowest BCUT2D eigenvalue weighted by atomic mass is 9.98. The third kappa shape index (κ3) is 3.47. The number of benzene rings is 1. The number of carboxylic acid groups (broad SMARTS) is 1. The fourth-order valence-corrected chi connectivity index (χ4v) is 2.86. The summed E-state index contributed by atoms with van der Waals surface area (Å²) in [6.07, 6.45) is 1.50. The number of aryl methyl sites for hydroxylation is 1. The first-order valence-corrected chi connectivity index (χ1v) is 7.62. The van der Waals surface area contributed by atoms with Gasteiger partial charge in [0.2, 0.25) is 0 Å². The molecule has 3 rings (SSSR count). The van der Waals surface area contributed by atoms with Gasteiger partial charge >= 0.3 is 5.97 Å². The zero-order chi connectivity index (χ0) is 16.4. The van der Waals surface area contributed by atoms with Gasteiger partial charge in [-0.3, -0.25) is 4.79 Å². The first kappa shape index (κ1) is 15.4. The van der Waals surface area contributed by atoms with Crippen LogP contribution < -0.4 is 4.90 Å². The van der Waals surface area contributed by atoms with Crippen LogP contribution in [0.5, 0.6) is 0 Å². The summed E-state index contributed by atoms with van der Waals surface area (Å²) in [6.45, 7) is 3.06. The minimum atomic E-state index is -0.772. The second-order valence-corrected chi connectivity index (χ2v) is 5.82. The molecule has 0 bridgehead atoms. The maximum atomic E-state index is 13.4. The number of hydrogen-bond donors (Lipinski definition) is 1. The van der Waals surface area contributed by atoms with E-state index in [1.54, 1.807) is 12.1 Å². The number of rotatable bonds is 3. The molecule has 1 unspecified atom stereocenters. The molecule has 6 heteroatoms. The van der Waals surface area contributed by atoms with E-state index in [1.807, 2.05) is 17.9 Å². The molecule has 1 fully saturated rings. The van der Waals surface area contributed by atoms with Gasteiger partial charge in [0.05, 0.1) is 5.92 Å². The first-order valence-electron chi connectivity index (χ1n) is 7.62. The van der Waals surface area contributed by atoms with Crippen molar-refractivity contribution in [1.82, 2.24) is 9.97 Å². The molecule has 23 heavy (non-hydrogen) atoms. The lowest BCUT2D eigenvalue weighted by Crippen LogP contribution is -2.39. The Kier molecular flexibility index (Phi) is 4.23. The number of carboxylic acids is 1. The van der Waals surface area contributed by atoms with Gasteiger partial charge in [-0.15, -0.1) is 0 Å². The minimum absolute atomic E-state index is 0.335. The molecular weight excluding hydrogens is 297 g/mol. The summed E-state index contributed by atoms with van der Waals surface area (Å²) in [4.78, 5) is 22.1. The van der Waals surface area contributed by atoms with Gasteiger partial charge in [-0.05, 0) is 31.9 Å². The van der Waals surface area contributed by atoms with Crippen molar-refractivity contribution >= 4 is 11.8 Å². The van der Waals surface area contributed by atoms with Crippen molar-refractivity contribution in [2.75, 3.05) is 18.0 Å². The van der Waals surface area contributed by atoms with Gasteiger partial charge in [0.1, 0.15) is 11.6 Å². The van der Waals surface area contributed by atoms with Crippen LogP contribution in [0.25, 0.3) is 11.4 Å². The molecule has 0 radical (unpaired) electrons. The van der Waals surface area contributed by atoms with Crippen LogP contribution in [0.3, 0.4) is 0 Å². The van der Waals surface area contributed by atoms with Crippen LogP contribution in [0, 0.1) is 18.7 Å². The van der Waals surface area contributed by atoms with Gasteiger partial charge in [-0.2, -0.15) is 0 Å². The Morgan fingerprint density at radius 2 is 2.17 bits per heavy atom. The summed E-state index contributed by atoms with van der Waals surface area (Å²) >= 11 is 0. The molecule has 120 valence electrons. The Bertz CT molecular complexity index is 736. The van der Waals surface area contributed by atoms with Crippen LogP contribution in [0.2, 0.25) is 0 Å². The second kappa shape index (κ2) is 6.32. The van der Waals surface area contributed by atoms with Gasteiger partial charge in [0.25, 0.3) is 0 Å². The van der Waals surface area contributed by atoms with E-state index in [9.17, 15) is 14.3 Å². The predicted octanol–water partition coefficient (Wildman–Crippen LogP) is 2.89. The number of aromatic nitrogens is 2. The fraction of sp³-hybridized carbons (Fsp3) is 0.353. The summed E-state index contributed by atoms with van der Waals surface area (Å²) in [5.74, 6) is -0.333. The Balaban J connectivity index is 1.93. The van der Waals surface area contributed by atoms with Crippen molar-refractivity contribution in [3.63, 3.8) is 0 Å². The highest BCUT2D eigenvalue weighted by molar-refractivity contribution is 5.71. The molecule has 1 aliphatic heterocycles. The average molecular weight is 315 g/mol. The Morgan fingerprint density at radius 1 is 1.35 bits per heavy atom. The van der Waals surface area contributed by atoms with Crippen molar-refractivity contribution < 1.29 is 14.3 Å². The van der Waals surface area contributed by atoms with Crippen LogP contribution in [0.1, 0.15) is 18.5 Å². The number of anilines is 1. The average Bonchev–Trinajstić information content (AvgIpc) is 2.54. The Labute approximate surface area is 133 Å². The van der Waals surface area contributed by atoms with Crippen LogP contribution >= 0.6 is 0 Å². The van der Waals surface area contributed by atoms with Gasteiger partial charge in [0, 0.05) is 30.4 Å². The van der Waals surface area contributed by atoms with Crippen molar-refractivity contribution in [3.8, 4) is 11.4 Å². The first-order chi connectivity index (χ1) is 11.0. The maximum Gasteiger partial charge on any atom is 0.308 e. The lowest BCUT2D eigenvalue weighted by Gasteiger charge is -2.31. The summed E-state index contributed by atoms with van der Waals surface area (Å²) in [5.41, 5.74) is 1.38. The molecule has 1 aromatic heterocycles. The smallest absolute Gasteiger partial charge is 0.308 e. The summed E-state index contributed by atoms with van der Waals surface area (Å²) < 4.78 is 13.4. The SMILES string of the molecule is Cc1cc(N2CCCC(C(=O)O)C2)nc(-c2cccc(F)c2)n1. The van der Waals surface area contributed by atoms with Crippen molar-refractivity contribution in [2.45, 2.75) is 19.8 Å². The summed E-state index contributed by atoms with van der Waals surface area (Å²) in [5, 5.41) is 9.22. The van der Waals surface area contributed by atoms with Gasteiger partial charge < -0.3 is 10.0 Å². The van der Waals surface area contributed by atoms with Gasteiger partial charge in [-0.1, -0.05) is 12.1 Å². The number of hydrogen-bond acceptors (Lipinski definition) is 4. The van der Waals surface area contributed by atoms with E-state index >= 15 is 0 Å². The summed E-state index contributed by atoms with van der Waals surface area (Å²) in [7, 11) is 0. The van der Waals surface area contributed by atoms with E-state index < -0.39 is 5.97 Å². The Hall–Kier alpha value is -2.50. The van der Waals surface area contributed by atoms with Crippen LogP contribution in [-0.2, 0) is 4.79 Å². The highest BCUT2D eigenvalue weighted by Crippen LogP contribution is 2.25. The van der Waals surface area contributed by atoms with Crippen molar-refractivity contribution in [1.29, 1.82) is 0 Å². The lowest BCUT2D eigenvalue weighted by molar-refractivity contribution is -0.141. The molecule has 1 N–H and O–H groups in total. The maximum absolute atomic E-state index is 13.4. The third-order valence-corrected chi connectivity index (χ3v) is 4.02. The molecule has 1 aliphatic rings. The third-order valence-electron chi connectivity index (χ3n) is 4.02. The molecule has 2 heterocycles. The van der Waals surface area contributed by atoms with Crippen LogP contribution in [-0.4, -0.2) is 34.1 Å². The highest BCUT2D eigenvalue weighted by Gasteiger charge is 2.26. The van der Waals surface area contributed by atoms with Crippen molar-refractivity contribution in [2.24, 2.45) is 5.92 Å². The zero-order valence-corrected chi connectivity index (χ0v) is 12.9. The molecule has 1 atom stereocenters. The number of halogens is 1. The normalized spacial score (nSPS) is 18.0. The number of piperidine rings is 1. The monoisotopic (exact) mass is 315 g/mol. The largest absolute Gasteiger partial charge is 0.481 e. The van der Waals surface area contributed by atoms with E-state index in [4.69, 9.17) is 0 Å². The molecule has 5 nitrogen and oxygen atoms in total. The number of carbonyl (C=O) groups is 1. The summed E-state index contributed by atoms with van der Waals surface area (Å²) in [6, 6.07) is 8.00. The van der Waals surface area contributed by atoms with Crippen molar-refractivity contribution in [3.05, 3.63) is 41.8 Å². The van der Waals surface area contributed by atoms with Crippen LogP contribution in [0.4, 0.5) is 10.2 Å². The van der Waals surface area contributed by atoms with E-state index in [0.29, 0.717) is 30.2 Å². The van der Waals surface area contributed by atoms with Gasteiger partial charge in [0.15, 0.2) is 5.82 Å². The highest BCUT2D eigenvalue weighted by atomic mass is 19.1.